The van der Waals surface area contributed by atoms with Crippen molar-refractivity contribution in [1.82, 2.24) is 15.2 Å². The third-order valence-electron chi connectivity index (χ3n) is 10.8. The van der Waals surface area contributed by atoms with Gasteiger partial charge in [-0.05, 0) is 79.5 Å². The van der Waals surface area contributed by atoms with Crippen molar-refractivity contribution in [3.8, 4) is 11.1 Å². The van der Waals surface area contributed by atoms with Gasteiger partial charge in [-0.2, -0.15) is 8.78 Å². The van der Waals surface area contributed by atoms with E-state index in [1.54, 1.807) is 6.92 Å². The Morgan fingerprint density at radius 1 is 0.940 bits per heavy atom. The van der Waals surface area contributed by atoms with Crippen LogP contribution in [-0.2, 0) is 34.5 Å². The monoisotopic (exact) mass is 697 g/mol. The summed E-state index contributed by atoms with van der Waals surface area (Å²) >= 11 is 0. The molecule has 12 heteroatoms. The molecule has 2 aromatic carbocycles. The molecule has 3 fully saturated rings. The molecule has 0 saturated heterocycles. The average Bonchev–Trinajstić information content (AvgIpc) is 3.99. The maximum absolute atomic E-state index is 15.2. The van der Waals surface area contributed by atoms with Crippen LogP contribution in [0.15, 0.2) is 66.1 Å². The summed E-state index contributed by atoms with van der Waals surface area (Å²) in [6, 6.07) is 8.98. The van der Waals surface area contributed by atoms with Gasteiger partial charge in [-0.3, -0.25) is 14.6 Å². The molecule has 264 valence electrons. The van der Waals surface area contributed by atoms with Crippen LogP contribution in [0.3, 0.4) is 0 Å². The van der Waals surface area contributed by atoms with E-state index in [-0.39, 0.29) is 35.5 Å². The number of halogens is 6. The number of benzene rings is 2. The molecule has 3 aromatic rings. The first-order chi connectivity index (χ1) is 23.7. The van der Waals surface area contributed by atoms with Crippen molar-refractivity contribution in [2.24, 2.45) is 17.3 Å². The number of rotatable bonds is 10. The molecule has 3 aliphatic carbocycles. The van der Waals surface area contributed by atoms with Crippen molar-refractivity contribution in [3.63, 3.8) is 0 Å². The quantitative estimate of drug-likeness (QED) is 0.165. The highest BCUT2D eigenvalue weighted by Gasteiger charge is 2.53. The van der Waals surface area contributed by atoms with Crippen molar-refractivity contribution in [2.45, 2.75) is 89.3 Å². The Bertz CT molecular complexity index is 1850. The van der Waals surface area contributed by atoms with Gasteiger partial charge in [0.15, 0.2) is 0 Å². The lowest BCUT2D eigenvalue weighted by Crippen LogP contribution is -2.57. The van der Waals surface area contributed by atoms with Gasteiger partial charge in [0.2, 0.25) is 0 Å². The molecule has 6 nitrogen and oxygen atoms in total. The number of carbonyl (C=O) groups excluding carboxylic acids is 2. The number of nitrogens with one attached hydrogen (secondary N) is 1. The number of amides is 2. The van der Waals surface area contributed by atoms with Gasteiger partial charge in [-0.15, -0.1) is 0 Å². The van der Waals surface area contributed by atoms with Gasteiger partial charge >= 0.3 is 0 Å². The maximum Gasteiger partial charge on any atom is 0.292 e. The number of aromatic nitrogens is 1. The van der Waals surface area contributed by atoms with E-state index in [2.05, 4.69) is 10.3 Å². The summed E-state index contributed by atoms with van der Waals surface area (Å²) in [4.78, 5) is 33.1. The zero-order valence-electron chi connectivity index (χ0n) is 27.4. The minimum absolute atomic E-state index is 0.187. The molecule has 0 radical (unpaired) electrons. The number of aliphatic hydroxyl groups is 1. The molecule has 7 rings (SSSR count). The summed E-state index contributed by atoms with van der Waals surface area (Å²) in [6.07, 6.45) is 5.22. The Morgan fingerprint density at radius 3 is 2.26 bits per heavy atom. The minimum atomic E-state index is -3.12. The highest BCUT2D eigenvalue weighted by Crippen LogP contribution is 2.52. The standard InChI is InChI=1S/C38H37F6N3O3/c1-36-13-3-2-4-31(36)47(20-21-14-27(39)17-28(40)15-21)35(50)32(33(36)48)34(49)46-19-22-5-7-26(37(41,42)24-8-9-24)16-29(22)23-6-12-30(45-18-23)38(43,44)25-10-11-25/h5-7,12,14-18,24-25,31,48H,2-4,8-11,13,19-20H2,1H3,(H,46,49)/t31?,36-/m0/s1. The second-order valence-corrected chi connectivity index (χ2v) is 14.4. The Kier molecular flexibility index (Phi) is 8.50. The van der Waals surface area contributed by atoms with Crippen LogP contribution in [0.4, 0.5) is 26.3 Å². The van der Waals surface area contributed by atoms with E-state index in [9.17, 15) is 32.3 Å². The van der Waals surface area contributed by atoms with E-state index in [0.717, 1.165) is 31.0 Å². The highest BCUT2D eigenvalue weighted by atomic mass is 19.3. The van der Waals surface area contributed by atoms with Crippen LogP contribution in [0.2, 0.25) is 0 Å². The van der Waals surface area contributed by atoms with E-state index in [1.807, 2.05) is 0 Å². The molecular weight excluding hydrogens is 660 g/mol. The summed E-state index contributed by atoms with van der Waals surface area (Å²) in [5.41, 5.74) is -1.07. The third kappa shape index (κ3) is 6.15. The maximum atomic E-state index is 15.2. The van der Waals surface area contributed by atoms with Gasteiger partial charge in [0.1, 0.15) is 28.7 Å². The van der Waals surface area contributed by atoms with E-state index >= 15 is 8.78 Å². The Labute approximate surface area is 285 Å². The largest absolute Gasteiger partial charge is 0.511 e. The molecule has 50 heavy (non-hydrogen) atoms. The van der Waals surface area contributed by atoms with Crippen molar-refractivity contribution in [2.75, 3.05) is 0 Å². The predicted molar refractivity (Wildman–Crippen MR) is 172 cm³/mol. The van der Waals surface area contributed by atoms with Gasteiger partial charge < -0.3 is 15.3 Å². The van der Waals surface area contributed by atoms with Crippen LogP contribution in [0.5, 0.6) is 0 Å². The lowest BCUT2D eigenvalue weighted by Gasteiger charge is -2.50. The Morgan fingerprint density at radius 2 is 1.62 bits per heavy atom. The second kappa shape index (κ2) is 12.5. The lowest BCUT2D eigenvalue weighted by atomic mass is 9.66. The first-order valence-corrected chi connectivity index (χ1v) is 17.0. The Balaban J connectivity index is 1.19. The number of aliphatic hydroxyl groups excluding tert-OH is 1. The van der Waals surface area contributed by atoms with Crippen LogP contribution in [-0.4, -0.2) is 32.8 Å². The second-order valence-electron chi connectivity index (χ2n) is 14.4. The molecular formula is C38H37F6N3O3. The number of nitrogens with zero attached hydrogens (tertiary/aromatic N) is 2. The van der Waals surface area contributed by atoms with Crippen molar-refractivity contribution >= 4 is 11.8 Å². The zero-order chi connectivity index (χ0) is 35.6. The van der Waals surface area contributed by atoms with E-state index in [1.165, 1.54) is 41.4 Å². The third-order valence-corrected chi connectivity index (χ3v) is 10.8. The number of fused-ring (bicyclic) bond motifs is 1. The molecule has 4 aliphatic rings. The van der Waals surface area contributed by atoms with Crippen LogP contribution >= 0.6 is 0 Å². The summed E-state index contributed by atoms with van der Waals surface area (Å²) in [5, 5.41) is 14.1. The first-order valence-electron chi connectivity index (χ1n) is 17.0. The Hall–Kier alpha value is -4.35. The van der Waals surface area contributed by atoms with Gasteiger partial charge in [0.25, 0.3) is 23.7 Å². The molecule has 2 heterocycles. The molecule has 1 aromatic heterocycles. The van der Waals surface area contributed by atoms with Crippen molar-refractivity contribution in [3.05, 3.63) is 100 Å². The average molecular weight is 698 g/mol. The van der Waals surface area contributed by atoms with Crippen LogP contribution < -0.4 is 5.32 Å². The van der Waals surface area contributed by atoms with Gasteiger partial charge in [0, 0.05) is 59.8 Å². The smallest absolute Gasteiger partial charge is 0.292 e. The molecule has 0 spiro atoms. The van der Waals surface area contributed by atoms with Gasteiger partial charge in [0.05, 0.1) is 0 Å². The number of pyridine rings is 1. The van der Waals surface area contributed by atoms with Gasteiger partial charge in [-0.25, -0.2) is 17.6 Å². The fraction of sp³-hybridized carbons (Fsp3) is 0.447. The summed E-state index contributed by atoms with van der Waals surface area (Å²) in [7, 11) is 0. The van der Waals surface area contributed by atoms with Crippen molar-refractivity contribution in [1.29, 1.82) is 0 Å². The minimum Gasteiger partial charge on any atom is -0.511 e. The topological polar surface area (TPSA) is 82.5 Å². The van der Waals surface area contributed by atoms with Gasteiger partial charge in [-0.1, -0.05) is 38.0 Å². The molecule has 3 saturated carbocycles. The van der Waals surface area contributed by atoms with Crippen LogP contribution in [0, 0.1) is 28.9 Å². The SMILES string of the molecule is C[C@]12CCCCC1N(Cc1cc(F)cc(F)c1)C(=O)C(C(=O)NCc1ccc(C(F)(F)C3CC3)cc1-c1ccc(C(F)(F)C3CC3)nc1)=C2O. The van der Waals surface area contributed by atoms with Crippen LogP contribution in [0.1, 0.15) is 80.7 Å². The number of carbonyl (C=O) groups is 2. The summed E-state index contributed by atoms with van der Waals surface area (Å²) < 4.78 is 88.1. The number of hydrogen-bond acceptors (Lipinski definition) is 4. The number of alkyl halides is 4. The summed E-state index contributed by atoms with van der Waals surface area (Å²) in [5.74, 6) is -11.5. The summed E-state index contributed by atoms with van der Waals surface area (Å²) in [6.45, 7) is 1.30. The lowest BCUT2D eigenvalue weighted by molar-refractivity contribution is -0.140. The first kappa shape index (κ1) is 34.1. The highest BCUT2D eigenvalue weighted by molar-refractivity contribution is 6.19. The van der Waals surface area contributed by atoms with E-state index < -0.39 is 69.9 Å². The fourth-order valence-corrected chi connectivity index (χ4v) is 7.61. The predicted octanol–water partition coefficient (Wildman–Crippen LogP) is 8.45. The van der Waals surface area contributed by atoms with Crippen LogP contribution in [0.25, 0.3) is 11.1 Å². The normalized spacial score (nSPS) is 22.8. The fourth-order valence-electron chi connectivity index (χ4n) is 7.61. The molecule has 1 unspecified atom stereocenters. The van der Waals surface area contributed by atoms with E-state index in [0.29, 0.717) is 49.7 Å². The molecule has 2 atom stereocenters. The molecule has 0 bridgehead atoms. The molecule has 2 amide bonds. The zero-order valence-corrected chi connectivity index (χ0v) is 27.4. The number of hydrogen-bond donors (Lipinski definition) is 2. The van der Waals surface area contributed by atoms with Crippen molar-refractivity contribution < 1.29 is 41.0 Å². The molecule has 2 N–H and O–H groups in total. The van der Waals surface area contributed by atoms with E-state index in [4.69, 9.17) is 0 Å². The molecule has 1 aliphatic heterocycles.